The second-order valence-electron chi connectivity index (χ2n) is 5.59. The number of hydrogen-bond donors (Lipinski definition) is 1. The molecule has 2 aromatic rings. The van der Waals surface area contributed by atoms with E-state index < -0.39 is 0 Å². The number of rotatable bonds is 5. The molecule has 0 saturated carbocycles. The fourth-order valence-corrected chi connectivity index (χ4v) is 2.44. The van der Waals surface area contributed by atoms with E-state index in [1.165, 1.54) is 11.1 Å². The average molecular weight is 304 g/mol. The lowest BCUT2D eigenvalue weighted by atomic mass is 10.1. The SMILES string of the molecule is Cc1cccc(C(C)Nc2ccc(OC(C)C)c(Cl)c2)c1. The standard InChI is InChI=1S/C18H22ClNO/c1-12(2)21-18-9-8-16(11-17(18)19)20-14(4)15-7-5-6-13(3)10-15/h5-12,14,20H,1-4H3. The molecule has 0 bridgehead atoms. The van der Waals surface area contributed by atoms with Crippen molar-refractivity contribution in [2.45, 2.75) is 39.8 Å². The predicted molar refractivity (Wildman–Crippen MR) is 90.4 cm³/mol. The van der Waals surface area contributed by atoms with Crippen LogP contribution in [0.1, 0.15) is 37.9 Å². The largest absolute Gasteiger partial charge is 0.489 e. The first-order chi connectivity index (χ1) is 9.95. The van der Waals surface area contributed by atoms with Gasteiger partial charge in [0.1, 0.15) is 5.75 Å². The molecule has 2 rings (SSSR count). The number of anilines is 1. The van der Waals surface area contributed by atoms with Crippen LogP contribution in [-0.2, 0) is 0 Å². The van der Waals surface area contributed by atoms with Crippen molar-refractivity contribution < 1.29 is 4.74 Å². The minimum atomic E-state index is 0.118. The molecule has 1 unspecified atom stereocenters. The van der Waals surface area contributed by atoms with Crippen molar-refractivity contribution in [2.24, 2.45) is 0 Å². The molecule has 0 radical (unpaired) electrons. The van der Waals surface area contributed by atoms with E-state index in [4.69, 9.17) is 16.3 Å². The van der Waals surface area contributed by atoms with Gasteiger partial charge < -0.3 is 10.1 Å². The number of aryl methyl sites for hydroxylation is 1. The van der Waals surface area contributed by atoms with E-state index in [2.05, 4.69) is 43.4 Å². The number of nitrogens with one attached hydrogen (secondary N) is 1. The zero-order chi connectivity index (χ0) is 15.4. The van der Waals surface area contributed by atoms with Crippen LogP contribution in [0.4, 0.5) is 5.69 Å². The smallest absolute Gasteiger partial charge is 0.138 e. The molecule has 0 aliphatic rings. The number of halogens is 1. The Bertz CT molecular complexity index is 610. The van der Waals surface area contributed by atoms with E-state index in [0.29, 0.717) is 5.02 Å². The summed E-state index contributed by atoms with van der Waals surface area (Å²) in [6.45, 7) is 8.22. The number of ether oxygens (including phenoxy) is 1. The van der Waals surface area contributed by atoms with Crippen molar-refractivity contribution >= 4 is 17.3 Å². The average Bonchev–Trinajstić information content (AvgIpc) is 2.41. The van der Waals surface area contributed by atoms with Gasteiger partial charge in [0, 0.05) is 11.7 Å². The van der Waals surface area contributed by atoms with Gasteiger partial charge in [0.05, 0.1) is 11.1 Å². The Hall–Kier alpha value is -1.67. The molecule has 112 valence electrons. The molecular formula is C18H22ClNO. The van der Waals surface area contributed by atoms with Crippen LogP contribution in [0.5, 0.6) is 5.75 Å². The molecule has 0 spiro atoms. The Kier molecular flexibility index (Phi) is 5.13. The van der Waals surface area contributed by atoms with Gasteiger partial charge in [-0.25, -0.2) is 0 Å². The van der Waals surface area contributed by atoms with Crippen LogP contribution in [0, 0.1) is 6.92 Å². The van der Waals surface area contributed by atoms with Crippen LogP contribution in [0.3, 0.4) is 0 Å². The van der Waals surface area contributed by atoms with Gasteiger partial charge in [0.25, 0.3) is 0 Å². The molecule has 0 saturated heterocycles. The molecule has 0 aliphatic carbocycles. The summed E-state index contributed by atoms with van der Waals surface area (Å²) in [6, 6.07) is 14.5. The van der Waals surface area contributed by atoms with E-state index in [-0.39, 0.29) is 12.1 Å². The normalized spacial score (nSPS) is 12.3. The third-order valence-electron chi connectivity index (χ3n) is 3.22. The number of benzene rings is 2. The second kappa shape index (κ2) is 6.86. The quantitative estimate of drug-likeness (QED) is 0.775. The first kappa shape index (κ1) is 15.7. The van der Waals surface area contributed by atoms with E-state index >= 15 is 0 Å². The van der Waals surface area contributed by atoms with Crippen molar-refractivity contribution in [2.75, 3.05) is 5.32 Å². The topological polar surface area (TPSA) is 21.3 Å². The van der Waals surface area contributed by atoms with E-state index in [0.717, 1.165) is 11.4 Å². The molecule has 0 aromatic heterocycles. The van der Waals surface area contributed by atoms with Crippen LogP contribution >= 0.6 is 11.6 Å². The highest BCUT2D eigenvalue weighted by Crippen LogP contribution is 2.30. The van der Waals surface area contributed by atoms with Crippen molar-refractivity contribution in [3.63, 3.8) is 0 Å². The maximum absolute atomic E-state index is 6.26. The summed E-state index contributed by atoms with van der Waals surface area (Å²) in [4.78, 5) is 0. The number of hydrogen-bond acceptors (Lipinski definition) is 2. The van der Waals surface area contributed by atoms with Gasteiger partial charge >= 0.3 is 0 Å². The van der Waals surface area contributed by atoms with Gasteiger partial charge in [0.15, 0.2) is 0 Å². The Balaban J connectivity index is 2.11. The lowest BCUT2D eigenvalue weighted by Gasteiger charge is -2.18. The minimum Gasteiger partial charge on any atom is -0.489 e. The molecule has 2 aromatic carbocycles. The van der Waals surface area contributed by atoms with Gasteiger partial charge in [-0.1, -0.05) is 41.4 Å². The molecule has 0 aliphatic heterocycles. The van der Waals surface area contributed by atoms with Crippen LogP contribution in [0.25, 0.3) is 0 Å². The highest BCUT2D eigenvalue weighted by molar-refractivity contribution is 6.32. The molecule has 1 N–H and O–H groups in total. The monoisotopic (exact) mass is 303 g/mol. The fourth-order valence-electron chi connectivity index (χ4n) is 2.21. The molecule has 0 heterocycles. The minimum absolute atomic E-state index is 0.118. The summed E-state index contributed by atoms with van der Waals surface area (Å²) < 4.78 is 5.65. The molecule has 0 amide bonds. The third kappa shape index (κ3) is 4.40. The first-order valence-electron chi connectivity index (χ1n) is 7.25. The predicted octanol–water partition coefficient (Wildman–Crippen LogP) is 5.61. The zero-order valence-electron chi connectivity index (χ0n) is 13.0. The van der Waals surface area contributed by atoms with Crippen molar-refractivity contribution in [3.05, 3.63) is 58.6 Å². The highest BCUT2D eigenvalue weighted by atomic mass is 35.5. The lowest BCUT2D eigenvalue weighted by molar-refractivity contribution is 0.242. The fraction of sp³-hybridized carbons (Fsp3) is 0.333. The van der Waals surface area contributed by atoms with Gasteiger partial charge in [-0.2, -0.15) is 0 Å². The second-order valence-corrected chi connectivity index (χ2v) is 6.00. The van der Waals surface area contributed by atoms with E-state index in [1.54, 1.807) is 0 Å². The van der Waals surface area contributed by atoms with Crippen molar-refractivity contribution in [3.8, 4) is 5.75 Å². The summed E-state index contributed by atoms with van der Waals surface area (Å²) in [6.07, 6.45) is 0.118. The van der Waals surface area contributed by atoms with Crippen LogP contribution in [-0.4, -0.2) is 6.10 Å². The summed E-state index contributed by atoms with van der Waals surface area (Å²) in [5.41, 5.74) is 3.51. The Morgan fingerprint density at radius 2 is 1.81 bits per heavy atom. The molecule has 0 fully saturated rings. The third-order valence-corrected chi connectivity index (χ3v) is 3.52. The molecule has 1 atom stereocenters. The van der Waals surface area contributed by atoms with Crippen LogP contribution in [0.2, 0.25) is 5.02 Å². The summed E-state index contributed by atoms with van der Waals surface area (Å²) in [5, 5.41) is 4.10. The van der Waals surface area contributed by atoms with Crippen LogP contribution in [0.15, 0.2) is 42.5 Å². The molecular weight excluding hydrogens is 282 g/mol. The Morgan fingerprint density at radius 1 is 1.05 bits per heavy atom. The molecule has 2 nitrogen and oxygen atoms in total. The summed E-state index contributed by atoms with van der Waals surface area (Å²) >= 11 is 6.26. The van der Waals surface area contributed by atoms with Gasteiger partial charge in [-0.3, -0.25) is 0 Å². The highest BCUT2D eigenvalue weighted by Gasteiger charge is 2.08. The summed E-state index contributed by atoms with van der Waals surface area (Å²) in [7, 11) is 0. The Morgan fingerprint density at radius 3 is 2.43 bits per heavy atom. The molecule has 21 heavy (non-hydrogen) atoms. The van der Waals surface area contributed by atoms with E-state index in [1.807, 2.05) is 32.0 Å². The van der Waals surface area contributed by atoms with Crippen LogP contribution < -0.4 is 10.1 Å². The van der Waals surface area contributed by atoms with Crippen molar-refractivity contribution in [1.29, 1.82) is 0 Å². The Labute approximate surface area is 132 Å². The maximum atomic E-state index is 6.26. The lowest BCUT2D eigenvalue weighted by Crippen LogP contribution is -2.08. The summed E-state index contributed by atoms with van der Waals surface area (Å²) in [5.74, 6) is 0.723. The maximum Gasteiger partial charge on any atom is 0.138 e. The zero-order valence-corrected chi connectivity index (χ0v) is 13.7. The first-order valence-corrected chi connectivity index (χ1v) is 7.63. The van der Waals surface area contributed by atoms with Crippen molar-refractivity contribution in [1.82, 2.24) is 0 Å². The molecule has 3 heteroatoms. The van der Waals surface area contributed by atoms with E-state index in [9.17, 15) is 0 Å². The van der Waals surface area contributed by atoms with Gasteiger partial charge in [0.2, 0.25) is 0 Å². The van der Waals surface area contributed by atoms with Gasteiger partial charge in [-0.05, 0) is 51.5 Å². The van der Waals surface area contributed by atoms with Gasteiger partial charge in [-0.15, -0.1) is 0 Å².